The highest BCUT2D eigenvalue weighted by Gasteiger charge is 2.24. The highest BCUT2D eigenvalue weighted by atomic mass is 16.3. The van der Waals surface area contributed by atoms with Crippen molar-refractivity contribution in [2.45, 2.75) is 31.9 Å². The lowest BCUT2D eigenvalue weighted by Gasteiger charge is -2.29. The molecule has 1 aromatic rings. The number of likely N-dealkylation sites (N-methyl/N-ethyl adjacent to an activating group) is 1. The predicted molar refractivity (Wildman–Crippen MR) is 79.3 cm³/mol. The second-order valence-electron chi connectivity index (χ2n) is 5.62. The molecule has 0 radical (unpaired) electrons. The van der Waals surface area contributed by atoms with Gasteiger partial charge in [-0.2, -0.15) is 0 Å². The molecular weight excluding hydrogens is 252 g/mol. The molecule has 2 rings (SSSR count). The Morgan fingerprint density at radius 3 is 2.65 bits per heavy atom. The summed E-state index contributed by atoms with van der Waals surface area (Å²) in [7, 11) is 2.01. The van der Waals surface area contributed by atoms with Gasteiger partial charge >= 0.3 is 0 Å². The first-order valence-corrected chi connectivity index (χ1v) is 7.29. The molecule has 1 aromatic carbocycles. The van der Waals surface area contributed by atoms with Crippen LogP contribution >= 0.6 is 0 Å². The van der Waals surface area contributed by atoms with Gasteiger partial charge in [0.1, 0.15) is 0 Å². The third-order valence-corrected chi connectivity index (χ3v) is 4.04. The quantitative estimate of drug-likeness (QED) is 0.859. The molecule has 0 bridgehead atoms. The van der Waals surface area contributed by atoms with Gasteiger partial charge in [0, 0.05) is 32.1 Å². The molecule has 1 heterocycles. The van der Waals surface area contributed by atoms with E-state index < -0.39 is 6.10 Å². The number of aliphatic hydroxyl groups excluding tert-OH is 1. The smallest absolute Gasteiger partial charge is 0.222 e. The van der Waals surface area contributed by atoms with Crippen molar-refractivity contribution in [2.24, 2.45) is 0 Å². The van der Waals surface area contributed by atoms with Gasteiger partial charge in [-0.3, -0.25) is 9.69 Å². The molecule has 20 heavy (non-hydrogen) atoms. The van der Waals surface area contributed by atoms with Crippen molar-refractivity contribution >= 4 is 5.91 Å². The number of benzene rings is 1. The number of carbonyl (C=O) groups is 1. The number of hydrogen-bond acceptors (Lipinski definition) is 3. The summed E-state index contributed by atoms with van der Waals surface area (Å²) in [6.07, 6.45) is 1.05. The van der Waals surface area contributed by atoms with Crippen LogP contribution < -0.4 is 0 Å². The summed E-state index contributed by atoms with van der Waals surface area (Å²) in [5, 5.41) is 10.2. The molecule has 4 heteroatoms. The normalized spacial score (nSPS) is 18.6. The molecule has 2 unspecified atom stereocenters. The van der Waals surface area contributed by atoms with Crippen molar-refractivity contribution < 1.29 is 9.90 Å². The van der Waals surface area contributed by atoms with Gasteiger partial charge in [-0.1, -0.05) is 30.3 Å². The van der Waals surface area contributed by atoms with E-state index in [9.17, 15) is 9.90 Å². The second-order valence-corrected chi connectivity index (χ2v) is 5.62. The van der Waals surface area contributed by atoms with E-state index in [1.54, 1.807) is 4.90 Å². The van der Waals surface area contributed by atoms with Crippen LogP contribution in [0.3, 0.4) is 0 Å². The van der Waals surface area contributed by atoms with Crippen molar-refractivity contribution in [3.63, 3.8) is 0 Å². The summed E-state index contributed by atoms with van der Waals surface area (Å²) in [5.74, 6) is 0.169. The molecule has 0 aliphatic carbocycles. The van der Waals surface area contributed by atoms with Crippen LogP contribution in [0.15, 0.2) is 30.3 Å². The van der Waals surface area contributed by atoms with E-state index >= 15 is 0 Å². The molecule has 1 aliphatic rings. The highest BCUT2D eigenvalue weighted by Crippen LogP contribution is 2.18. The third-order valence-electron chi connectivity index (χ3n) is 4.04. The van der Waals surface area contributed by atoms with Crippen LogP contribution in [-0.4, -0.2) is 53.6 Å². The zero-order valence-corrected chi connectivity index (χ0v) is 12.3. The van der Waals surface area contributed by atoms with Gasteiger partial charge in [0.15, 0.2) is 0 Å². The summed E-state index contributed by atoms with van der Waals surface area (Å²) < 4.78 is 0. The SMILES string of the molecule is CC(c1ccccc1)N(C)CC(O)CN1CCCC1=O. The van der Waals surface area contributed by atoms with Gasteiger partial charge in [-0.15, -0.1) is 0 Å². The second kappa shape index (κ2) is 6.86. The van der Waals surface area contributed by atoms with Crippen molar-refractivity contribution in [3.05, 3.63) is 35.9 Å². The van der Waals surface area contributed by atoms with Gasteiger partial charge in [0.05, 0.1) is 6.10 Å². The summed E-state index contributed by atoms with van der Waals surface area (Å²) in [6.45, 7) is 3.93. The lowest BCUT2D eigenvalue weighted by atomic mass is 10.1. The number of nitrogens with zero attached hydrogens (tertiary/aromatic N) is 2. The van der Waals surface area contributed by atoms with E-state index in [-0.39, 0.29) is 11.9 Å². The largest absolute Gasteiger partial charge is 0.390 e. The Morgan fingerprint density at radius 2 is 2.05 bits per heavy atom. The van der Waals surface area contributed by atoms with Crippen LogP contribution in [0.5, 0.6) is 0 Å². The standard InChI is InChI=1S/C16H24N2O2/c1-13(14-7-4-3-5-8-14)17(2)11-15(19)12-18-10-6-9-16(18)20/h3-5,7-8,13,15,19H,6,9-12H2,1-2H3. The van der Waals surface area contributed by atoms with E-state index in [1.165, 1.54) is 5.56 Å². The average Bonchev–Trinajstić information content (AvgIpc) is 2.84. The molecule has 0 saturated carbocycles. The number of amides is 1. The minimum atomic E-state index is -0.492. The molecule has 4 nitrogen and oxygen atoms in total. The van der Waals surface area contributed by atoms with Gasteiger partial charge in [-0.05, 0) is 26.0 Å². The molecule has 1 N–H and O–H groups in total. The Kier molecular flexibility index (Phi) is 5.15. The number of β-amino-alcohol motifs (C(OH)–C–C–N with tert-alkyl or cyclic N) is 1. The third kappa shape index (κ3) is 3.81. The van der Waals surface area contributed by atoms with Crippen LogP contribution in [0.2, 0.25) is 0 Å². The Balaban J connectivity index is 1.84. The van der Waals surface area contributed by atoms with Crippen LogP contribution in [0, 0.1) is 0 Å². The number of carbonyl (C=O) groups excluding carboxylic acids is 1. The van der Waals surface area contributed by atoms with Crippen LogP contribution in [0.25, 0.3) is 0 Å². The monoisotopic (exact) mass is 276 g/mol. The molecule has 2 atom stereocenters. The van der Waals surface area contributed by atoms with E-state index in [4.69, 9.17) is 0 Å². The lowest BCUT2D eigenvalue weighted by molar-refractivity contribution is -0.129. The maximum atomic E-state index is 11.6. The van der Waals surface area contributed by atoms with Crippen molar-refractivity contribution in [2.75, 3.05) is 26.7 Å². The lowest BCUT2D eigenvalue weighted by Crippen LogP contribution is -2.40. The van der Waals surface area contributed by atoms with Gasteiger partial charge in [0.2, 0.25) is 5.91 Å². The zero-order valence-electron chi connectivity index (χ0n) is 12.3. The van der Waals surface area contributed by atoms with Crippen LogP contribution in [0.1, 0.15) is 31.4 Å². The number of rotatable bonds is 6. The van der Waals surface area contributed by atoms with Crippen molar-refractivity contribution in [3.8, 4) is 0 Å². The van der Waals surface area contributed by atoms with Crippen LogP contribution in [-0.2, 0) is 4.79 Å². The van der Waals surface area contributed by atoms with E-state index in [0.717, 1.165) is 13.0 Å². The minimum absolute atomic E-state index is 0.169. The van der Waals surface area contributed by atoms with Gasteiger partial charge in [-0.25, -0.2) is 0 Å². The first-order chi connectivity index (χ1) is 9.58. The Bertz CT molecular complexity index is 435. The molecule has 1 saturated heterocycles. The number of hydrogen-bond donors (Lipinski definition) is 1. The average molecular weight is 276 g/mol. The minimum Gasteiger partial charge on any atom is -0.390 e. The molecule has 0 aromatic heterocycles. The highest BCUT2D eigenvalue weighted by molar-refractivity contribution is 5.78. The predicted octanol–water partition coefficient (Wildman–Crippen LogP) is 1.66. The summed E-state index contributed by atoms with van der Waals surface area (Å²) >= 11 is 0. The topological polar surface area (TPSA) is 43.8 Å². The number of aliphatic hydroxyl groups is 1. The zero-order chi connectivity index (χ0) is 14.5. The van der Waals surface area contributed by atoms with Crippen LogP contribution in [0.4, 0.5) is 0 Å². The van der Waals surface area contributed by atoms with Crippen molar-refractivity contribution in [1.29, 1.82) is 0 Å². The molecule has 1 fully saturated rings. The first-order valence-electron chi connectivity index (χ1n) is 7.29. The van der Waals surface area contributed by atoms with E-state index in [1.807, 2.05) is 25.2 Å². The molecule has 0 spiro atoms. The Hall–Kier alpha value is -1.39. The molecule has 110 valence electrons. The van der Waals surface area contributed by atoms with Gasteiger partial charge in [0.25, 0.3) is 0 Å². The number of likely N-dealkylation sites (tertiary alicyclic amines) is 1. The molecular formula is C16H24N2O2. The fourth-order valence-electron chi connectivity index (χ4n) is 2.69. The summed E-state index contributed by atoms with van der Waals surface area (Å²) in [6, 6.07) is 10.5. The first kappa shape index (κ1) is 15.0. The van der Waals surface area contributed by atoms with Gasteiger partial charge < -0.3 is 10.0 Å². The fourth-order valence-corrected chi connectivity index (χ4v) is 2.69. The summed E-state index contributed by atoms with van der Waals surface area (Å²) in [4.78, 5) is 15.4. The van der Waals surface area contributed by atoms with Crippen molar-refractivity contribution in [1.82, 2.24) is 9.80 Å². The Labute approximate surface area is 121 Å². The van der Waals surface area contributed by atoms with E-state index in [2.05, 4.69) is 24.0 Å². The Morgan fingerprint density at radius 1 is 1.35 bits per heavy atom. The molecule has 1 amide bonds. The molecule has 1 aliphatic heterocycles. The van der Waals surface area contributed by atoms with E-state index in [0.29, 0.717) is 19.5 Å². The maximum absolute atomic E-state index is 11.6. The fraction of sp³-hybridized carbons (Fsp3) is 0.562. The maximum Gasteiger partial charge on any atom is 0.222 e. The summed E-state index contributed by atoms with van der Waals surface area (Å²) in [5.41, 5.74) is 1.24.